The van der Waals surface area contributed by atoms with Crippen molar-refractivity contribution >= 4 is 5.96 Å². The van der Waals surface area contributed by atoms with Crippen molar-refractivity contribution < 1.29 is 9.26 Å². The lowest BCUT2D eigenvalue weighted by Gasteiger charge is -2.36. The van der Waals surface area contributed by atoms with Gasteiger partial charge >= 0.3 is 0 Å². The molecule has 27 heavy (non-hydrogen) atoms. The molecule has 1 aromatic heterocycles. The Morgan fingerprint density at radius 3 is 2.63 bits per heavy atom. The molecule has 8 nitrogen and oxygen atoms in total. The lowest BCUT2D eigenvalue weighted by Crippen LogP contribution is -2.52. The van der Waals surface area contributed by atoms with Crippen molar-refractivity contribution in [2.45, 2.75) is 20.4 Å². The second kappa shape index (κ2) is 10.6. The van der Waals surface area contributed by atoms with E-state index in [-0.39, 0.29) is 0 Å². The number of hydrogen-bond acceptors (Lipinski definition) is 6. The van der Waals surface area contributed by atoms with E-state index in [0.29, 0.717) is 5.92 Å². The Balaban J connectivity index is 1.45. The van der Waals surface area contributed by atoms with Gasteiger partial charge in [0.05, 0.1) is 18.9 Å². The van der Waals surface area contributed by atoms with E-state index in [0.717, 1.165) is 90.3 Å². The number of aliphatic imine (C=N–C) groups is 1. The third kappa shape index (κ3) is 6.48. The summed E-state index contributed by atoms with van der Waals surface area (Å²) in [6, 6.07) is 1.94. The highest BCUT2D eigenvalue weighted by Crippen LogP contribution is 2.09. The first-order valence-electron chi connectivity index (χ1n) is 10.2. The Kier molecular flexibility index (Phi) is 7.92. The van der Waals surface area contributed by atoms with E-state index >= 15 is 0 Å². The van der Waals surface area contributed by atoms with Crippen molar-refractivity contribution in [2.75, 3.05) is 72.1 Å². The van der Waals surface area contributed by atoms with E-state index in [1.54, 1.807) is 6.26 Å². The second-order valence-electron chi connectivity index (χ2n) is 7.47. The van der Waals surface area contributed by atoms with E-state index < -0.39 is 0 Å². The topological polar surface area (TPSA) is 69.4 Å². The zero-order chi connectivity index (χ0) is 18.9. The van der Waals surface area contributed by atoms with E-state index in [1.807, 2.05) is 6.07 Å². The Labute approximate surface area is 162 Å². The lowest BCUT2D eigenvalue weighted by molar-refractivity contribution is 0.0323. The van der Waals surface area contributed by atoms with Crippen LogP contribution in [0, 0.1) is 5.92 Å². The van der Waals surface area contributed by atoms with Crippen LogP contribution in [0.5, 0.6) is 0 Å². The summed E-state index contributed by atoms with van der Waals surface area (Å²) in [4.78, 5) is 12.2. The number of morpholine rings is 1. The van der Waals surface area contributed by atoms with Crippen molar-refractivity contribution in [3.63, 3.8) is 0 Å². The van der Waals surface area contributed by atoms with E-state index in [9.17, 15) is 0 Å². The molecule has 0 amide bonds. The maximum absolute atomic E-state index is 5.43. The van der Waals surface area contributed by atoms with Crippen molar-refractivity contribution in [3.05, 3.63) is 18.0 Å². The van der Waals surface area contributed by atoms with Crippen LogP contribution in [-0.2, 0) is 11.3 Å². The SMILES string of the molecule is CCNC(=NCC(C)CN1CCOCC1)N1CCN(Cc2ccon2)CC1. The quantitative estimate of drug-likeness (QED) is 0.554. The van der Waals surface area contributed by atoms with E-state index in [1.165, 1.54) is 0 Å². The summed E-state index contributed by atoms with van der Waals surface area (Å²) in [6.45, 7) is 15.9. The first kappa shape index (κ1) is 20.1. The van der Waals surface area contributed by atoms with Crippen LogP contribution in [0.3, 0.4) is 0 Å². The van der Waals surface area contributed by atoms with Crippen LogP contribution < -0.4 is 5.32 Å². The maximum atomic E-state index is 5.43. The molecule has 1 atom stereocenters. The first-order chi connectivity index (χ1) is 13.2. The fraction of sp³-hybridized carbons (Fsp3) is 0.789. The first-order valence-corrected chi connectivity index (χ1v) is 10.2. The molecule has 8 heteroatoms. The molecule has 1 aromatic rings. The summed E-state index contributed by atoms with van der Waals surface area (Å²) in [5.74, 6) is 1.60. The van der Waals surface area contributed by atoms with Crippen molar-refractivity contribution in [1.82, 2.24) is 25.2 Å². The lowest BCUT2D eigenvalue weighted by atomic mass is 10.1. The molecule has 1 N–H and O–H groups in total. The average Bonchev–Trinajstić information content (AvgIpc) is 3.20. The standard InChI is InChI=1S/C19H34N6O2/c1-3-20-19(21-14-17(2)15-24-9-12-26-13-10-24)25-7-5-23(6-8-25)16-18-4-11-27-22-18/h4,11,17H,3,5-10,12-16H2,1-2H3,(H,20,21). The highest BCUT2D eigenvalue weighted by atomic mass is 16.5. The molecule has 1 unspecified atom stereocenters. The predicted octanol–water partition coefficient (Wildman–Crippen LogP) is 0.726. The van der Waals surface area contributed by atoms with E-state index in [2.05, 4.69) is 39.0 Å². The van der Waals surface area contributed by atoms with Crippen molar-refractivity contribution in [3.8, 4) is 0 Å². The largest absolute Gasteiger partial charge is 0.379 e. The Morgan fingerprint density at radius 2 is 1.96 bits per heavy atom. The molecular formula is C19H34N6O2. The smallest absolute Gasteiger partial charge is 0.194 e. The van der Waals surface area contributed by atoms with Crippen LogP contribution in [0.15, 0.2) is 21.8 Å². The van der Waals surface area contributed by atoms with Gasteiger partial charge in [0, 0.05) is 71.5 Å². The number of guanidine groups is 1. The zero-order valence-electron chi connectivity index (χ0n) is 16.8. The van der Waals surface area contributed by atoms with Gasteiger partial charge in [-0.1, -0.05) is 12.1 Å². The maximum Gasteiger partial charge on any atom is 0.194 e. The number of nitrogens with zero attached hydrogens (tertiary/aromatic N) is 5. The van der Waals surface area contributed by atoms with Gasteiger partial charge in [-0.15, -0.1) is 0 Å². The highest BCUT2D eigenvalue weighted by molar-refractivity contribution is 5.80. The predicted molar refractivity (Wildman–Crippen MR) is 106 cm³/mol. The summed E-state index contributed by atoms with van der Waals surface area (Å²) >= 11 is 0. The minimum atomic E-state index is 0.546. The van der Waals surface area contributed by atoms with Gasteiger partial charge in [0.15, 0.2) is 5.96 Å². The monoisotopic (exact) mass is 378 g/mol. The van der Waals surface area contributed by atoms with Gasteiger partial charge in [-0.3, -0.25) is 14.8 Å². The molecule has 0 aliphatic carbocycles. The fourth-order valence-electron chi connectivity index (χ4n) is 3.62. The van der Waals surface area contributed by atoms with Gasteiger partial charge in [-0.2, -0.15) is 0 Å². The number of rotatable bonds is 7. The molecule has 0 radical (unpaired) electrons. The highest BCUT2D eigenvalue weighted by Gasteiger charge is 2.21. The molecule has 152 valence electrons. The van der Waals surface area contributed by atoms with Crippen LogP contribution in [0.1, 0.15) is 19.5 Å². The van der Waals surface area contributed by atoms with Crippen LogP contribution in [-0.4, -0.2) is 97.9 Å². The van der Waals surface area contributed by atoms with Gasteiger partial charge in [0.2, 0.25) is 0 Å². The third-order valence-corrected chi connectivity index (χ3v) is 5.11. The summed E-state index contributed by atoms with van der Waals surface area (Å²) in [6.07, 6.45) is 1.64. The number of aromatic nitrogens is 1. The minimum Gasteiger partial charge on any atom is -0.379 e. The minimum absolute atomic E-state index is 0.546. The number of nitrogens with one attached hydrogen (secondary N) is 1. The van der Waals surface area contributed by atoms with Crippen LogP contribution in [0.4, 0.5) is 0 Å². The molecule has 0 saturated carbocycles. The number of piperazine rings is 1. The summed E-state index contributed by atoms with van der Waals surface area (Å²) in [5.41, 5.74) is 1.00. The molecule has 3 heterocycles. The molecule has 0 aromatic carbocycles. The van der Waals surface area contributed by atoms with Crippen molar-refractivity contribution in [1.29, 1.82) is 0 Å². The van der Waals surface area contributed by atoms with Gasteiger partial charge in [-0.25, -0.2) is 0 Å². The Bertz CT molecular complexity index is 551. The van der Waals surface area contributed by atoms with Gasteiger partial charge < -0.3 is 19.5 Å². The molecule has 2 aliphatic heterocycles. The van der Waals surface area contributed by atoms with Crippen LogP contribution in [0.2, 0.25) is 0 Å². The van der Waals surface area contributed by atoms with Gasteiger partial charge in [-0.05, 0) is 12.8 Å². The summed E-state index contributed by atoms with van der Waals surface area (Å²) in [7, 11) is 0. The second-order valence-corrected chi connectivity index (χ2v) is 7.47. The van der Waals surface area contributed by atoms with E-state index in [4.69, 9.17) is 14.3 Å². The normalized spacial score (nSPS) is 21.4. The van der Waals surface area contributed by atoms with Gasteiger partial charge in [0.25, 0.3) is 0 Å². The Morgan fingerprint density at radius 1 is 1.19 bits per heavy atom. The zero-order valence-corrected chi connectivity index (χ0v) is 16.8. The molecule has 3 rings (SSSR count). The molecule has 2 saturated heterocycles. The van der Waals surface area contributed by atoms with Crippen molar-refractivity contribution in [2.24, 2.45) is 10.9 Å². The third-order valence-electron chi connectivity index (χ3n) is 5.11. The fourth-order valence-corrected chi connectivity index (χ4v) is 3.62. The summed E-state index contributed by atoms with van der Waals surface area (Å²) in [5, 5.41) is 7.48. The number of ether oxygens (including phenoxy) is 1. The molecule has 0 spiro atoms. The summed E-state index contributed by atoms with van der Waals surface area (Å²) < 4.78 is 10.4. The van der Waals surface area contributed by atoms with Crippen LogP contribution in [0.25, 0.3) is 0 Å². The average molecular weight is 379 g/mol. The van der Waals surface area contributed by atoms with Gasteiger partial charge in [0.1, 0.15) is 6.26 Å². The number of hydrogen-bond donors (Lipinski definition) is 1. The van der Waals surface area contributed by atoms with Crippen LogP contribution >= 0.6 is 0 Å². The Hall–Kier alpha value is -1.64. The molecule has 0 bridgehead atoms. The molecule has 2 aliphatic rings. The molecular weight excluding hydrogens is 344 g/mol. The molecule has 2 fully saturated rings.